The molecule has 0 aromatic heterocycles. The molecular formula is C10H17NO2S. The van der Waals surface area contributed by atoms with Gasteiger partial charge in [-0.2, -0.15) is 0 Å². The average molecular weight is 215 g/mol. The highest BCUT2D eigenvalue weighted by Gasteiger charge is 2.35. The number of amides is 2. The Morgan fingerprint density at radius 1 is 1.43 bits per heavy atom. The highest BCUT2D eigenvalue weighted by atomic mass is 32.2. The quantitative estimate of drug-likeness (QED) is 0.710. The largest absolute Gasteiger partial charge is 0.289 e. The van der Waals surface area contributed by atoms with Crippen LogP contribution in [0.2, 0.25) is 0 Å². The molecule has 1 rings (SSSR count). The second kappa shape index (κ2) is 3.93. The summed E-state index contributed by atoms with van der Waals surface area (Å²) in [6.07, 6.45) is 0.852. The fourth-order valence-electron chi connectivity index (χ4n) is 1.77. The van der Waals surface area contributed by atoms with Crippen LogP contribution in [0.25, 0.3) is 0 Å². The highest BCUT2D eigenvalue weighted by molar-refractivity contribution is 8.14. The minimum absolute atomic E-state index is 0.0185. The van der Waals surface area contributed by atoms with E-state index in [9.17, 15) is 9.59 Å². The number of hydrogen-bond donors (Lipinski definition) is 0. The smallest absolute Gasteiger partial charge is 0.273 e. The van der Waals surface area contributed by atoms with Crippen LogP contribution in [0, 0.1) is 5.41 Å². The predicted molar refractivity (Wildman–Crippen MR) is 58.2 cm³/mol. The molecule has 3 nitrogen and oxygen atoms in total. The van der Waals surface area contributed by atoms with Crippen molar-refractivity contribution in [2.24, 2.45) is 5.41 Å². The summed E-state index contributed by atoms with van der Waals surface area (Å²) in [4.78, 5) is 24.2. The van der Waals surface area contributed by atoms with E-state index in [-0.39, 0.29) is 22.6 Å². The van der Waals surface area contributed by atoms with Gasteiger partial charge in [0.1, 0.15) is 0 Å². The van der Waals surface area contributed by atoms with Crippen LogP contribution in [0.5, 0.6) is 0 Å². The minimum Gasteiger partial charge on any atom is -0.273 e. The van der Waals surface area contributed by atoms with Gasteiger partial charge in [-0.25, -0.2) is 0 Å². The zero-order valence-corrected chi connectivity index (χ0v) is 9.98. The highest BCUT2D eigenvalue weighted by Crippen LogP contribution is 2.28. The van der Waals surface area contributed by atoms with E-state index >= 15 is 0 Å². The maximum Gasteiger partial charge on any atom is 0.289 e. The molecule has 0 radical (unpaired) electrons. The molecule has 1 saturated heterocycles. The lowest BCUT2D eigenvalue weighted by molar-refractivity contribution is -0.126. The average Bonchev–Trinajstić information content (AvgIpc) is 2.27. The first kappa shape index (κ1) is 11.6. The zero-order valence-electron chi connectivity index (χ0n) is 9.16. The number of rotatable bonds is 2. The van der Waals surface area contributed by atoms with Gasteiger partial charge in [-0.15, -0.1) is 0 Å². The molecule has 0 spiro atoms. The van der Waals surface area contributed by atoms with E-state index in [1.165, 1.54) is 4.90 Å². The SMILES string of the molecule is CC(CC(C)(C)C)N1C(=O)CSC1=O. The maximum absolute atomic E-state index is 11.4. The Morgan fingerprint density at radius 2 is 2.00 bits per heavy atom. The van der Waals surface area contributed by atoms with Gasteiger partial charge in [-0.1, -0.05) is 32.5 Å². The molecule has 0 aromatic rings. The van der Waals surface area contributed by atoms with Crippen LogP contribution in [0.3, 0.4) is 0 Å². The summed E-state index contributed by atoms with van der Waals surface area (Å²) in [5.41, 5.74) is 0.146. The molecule has 1 aliphatic rings. The molecule has 4 heteroatoms. The van der Waals surface area contributed by atoms with Gasteiger partial charge in [0.15, 0.2) is 0 Å². The fourth-order valence-corrected chi connectivity index (χ4v) is 2.57. The van der Waals surface area contributed by atoms with Crippen LogP contribution in [-0.4, -0.2) is 27.8 Å². The molecule has 1 atom stereocenters. The molecule has 0 N–H and O–H groups in total. The first-order valence-corrected chi connectivity index (χ1v) is 5.78. The first-order chi connectivity index (χ1) is 6.31. The molecule has 1 unspecified atom stereocenters. The number of carbonyl (C=O) groups is 2. The molecule has 0 saturated carbocycles. The Balaban J connectivity index is 2.64. The Labute approximate surface area is 89.2 Å². The van der Waals surface area contributed by atoms with Crippen molar-refractivity contribution in [2.75, 3.05) is 5.75 Å². The van der Waals surface area contributed by atoms with E-state index in [1.807, 2.05) is 6.92 Å². The summed E-state index contributed by atoms with van der Waals surface area (Å²) in [7, 11) is 0. The van der Waals surface area contributed by atoms with Crippen LogP contribution in [0.1, 0.15) is 34.1 Å². The van der Waals surface area contributed by atoms with Crippen molar-refractivity contribution in [3.05, 3.63) is 0 Å². The Kier molecular flexibility index (Phi) is 3.24. The lowest BCUT2D eigenvalue weighted by atomic mass is 9.88. The number of hydrogen-bond acceptors (Lipinski definition) is 3. The van der Waals surface area contributed by atoms with E-state index in [0.717, 1.165) is 18.2 Å². The third-order valence-electron chi connectivity index (χ3n) is 2.13. The topological polar surface area (TPSA) is 37.4 Å². The van der Waals surface area contributed by atoms with Crippen LogP contribution < -0.4 is 0 Å². The van der Waals surface area contributed by atoms with Gasteiger partial charge in [0, 0.05) is 6.04 Å². The van der Waals surface area contributed by atoms with Gasteiger partial charge in [-0.3, -0.25) is 14.5 Å². The van der Waals surface area contributed by atoms with Crippen LogP contribution in [0.15, 0.2) is 0 Å². The number of imide groups is 1. The summed E-state index contributed by atoms with van der Waals surface area (Å²) < 4.78 is 0. The number of thioether (sulfide) groups is 1. The third kappa shape index (κ3) is 2.74. The third-order valence-corrected chi connectivity index (χ3v) is 2.97. The van der Waals surface area contributed by atoms with Gasteiger partial charge >= 0.3 is 0 Å². The lowest BCUT2D eigenvalue weighted by Crippen LogP contribution is -2.39. The van der Waals surface area contributed by atoms with Crippen molar-refractivity contribution in [3.8, 4) is 0 Å². The van der Waals surface area contributed by atoms with E-state index < -0.39 is 0 Å². The van der Waals surface area contributed by atoms with Gasteiger partial charge in [0.25, 0.3) is 5.24 Å². The Morgan fingerprint density at radius 3 is 2.36 bits per heavy atom. The fraction of sp³-hybridized carbons (Fsp3) is 0.800. The van der Waals surface area contributed by atoms with Gasteiger partial charge < -0.3 is 0 Å². The van der Waals surface area contributed by atoms with E-state index in [0.29, 0.717) is 5.75 Å². The minimum atomic E-state index is -0.0910. The molecule has 0 aromatic carbocycles. The second-order valence-electron chi connectivity index (χ2n) is 4.93. The molecule has 0 bridgehead atoms. The van der Waals surface area contributed by atoms with Crippen molar-refractivity contribution in [1.29, 1.82) is 0 Å². The monoisotopic (exact) mass is 215 g/mol. The van der Waals surface area contributed by atoms with Crippen molar-refractivity contribution in [1.82, 2.24) is 4.90 Å². The van der Waals surface area contributed by atoms with Crippen LogP contribution >= 0.6 is 11.8 Å². The van der Waals surface area contributed by atoms with E-state index in [1.54, 1.807) is 0 Å². The van der Waals surface area contributed by atoms with Crippen molar-refractivity contribution >= 4 is 22.9 Å². The van der Waals surface area contributed by atoms with Crippen molar-refractivity contribution < 1.29 is 9.59 Å². The normalized spacial score (nSPS) is 20.4. The zero-order chi connectivity index (χ0) is 10.9. The number of carbonyl (C=O) groups excluding carboxylic acids is 2. The lowest BCUT2D eigenvalue weighted by Gasteiger charge is -2.28. The van der Waals surface area contributed by atoms with Crippen LogP contribution in [-0.2, 0) is 4.79 Å². The maximum atomic E-state index is 11.4. The summed E-state index contributed by atoms with van der Waals surface area (Å²) >= 11 is 1.11. The molecule has 2 amide bonds. The molecule has 1 fully saturated rings. The molecule has 1 heterocycles. The Bertz CT molecular complexity index is 241. The van der Waals surface area contributed by atoms with E-state index in [4.69, 9.17) is 0 Å². The first-order valence-electron chi connectivity index (χ1n) is 4.80. The Hall–Kier alpha value is -0.510. The van der Waals surface area contributed by atoms with Gasteiger partial charge in [0.05, 0.1) is 5.75 Å². The summed E-state index contributed by atoms with van der Waals surface area (Å²) in [6, 6.07) is 0.0185. The molecule has 80 valence electrons. The standard InChI is InChI=1S/C10H17NO2S/c1-7(5-10(2,3)4)11-8(12)6-14-9(11)13/h7H,5-6H2,1-4H3. The van der Waals surface area contributed by atoms with Gasteiger partial charge in [-0.05, 0) is 18.8 Å². The predicted octanol–water partition coefficient (Wildman–Crippen LogP) is 2.51. The molecule has 1 aliphatic heterocycles. The van der Waals surface area contributed by atoms with Crippen LogP contribution in [0.4, 0.5) is 4.79 Å². The van der Waals surface area contributed by atoms with Crippen molar-refractivity contribution in [2.45, 2.75) is 40.2 Å². The summed E-state index contributed by atoms with van der Waals surface area (Å²) in [6.45, 7) is 8.28. The van der Waals surface area contributed by atoms with E-state index in [2.05, 4.69) is 20.8 Å². The summed E-state index contributed by atoms with van der Waals surface area (Å²) in [5.74, 6) is 0.268. The number of nitrogens with zero attached hydrogens (tertiary/aromatic N) is 1. The second-order valence-corrected chi connectivity index (χ2v) is 5.86. The molecule has 14 heavy (non-hydrogen) atoms. The van der Waals surface area contributed by atoms with Crippen molar-refractivity contribution in [3.63, 3.8) is 0 Å². The summed E-state index contributed by atoms with van der Waals surface area (Å²) in [5, 5.41) is -0.0910. The van der Waals surface area contributed by atoms with Gasteiger partial charge in [0.2, 0.25) is 5.91 Å². The molecular weight excluding hydrogens is 198 g/mol. The molecule has 0 aliphatic carbocycles.